The molecule has 1 fully saturated rings. The lowest BCUT2D eigenvalue weighted by Crippen LogP contribution is -2.43. The molecule has 2 N–H and O–H groups in total. The molecule has 23 heavy (non-hydrogen) atoms. The fourth-order valence-corrected chi connectivity index (χ4v) is 2.76. The highest BCUT2D eigenvalue weighted by molar-refractivity contribution is 14.0. The molecule has 1 amide bonds. The molecule has 5 nitrogen and oxygen atoms in total. The van der Waals surface area contributed by atoms with Crippen LogP contribution in [0.15, 0.2) is 4.99 Å². The van der Waals surface area contributed by atoms with Gasteiger partial charge in [-0.15, -0.1) is 24.0 Å². The van der Waals surface area contributed by atoms with Crippen LogP contribution in [0.1, 0.15) is 58.8 Å². The summed E-state index contributed by atoms with van der Waals surface area (Å²) in [6, 6.07) is 0. The van der Waals surface area contributed by atoms with Gasteiger partial charge in [-0.05, 0) is 24.7 Å². The first kappa shape index (κ1) is 22.5. The minimum atomic E-state index is 0. The van der Waals surface area contributed by atoms with Gasteiger partial charge in [0.05, 0.1) is 0 Å². The quantitative estimate of drug-likeness (QED) is 0.290. The van der Waals surface area contributed by atoms with Crippen molar-refractivity contribution in [3.05, 3.63) is 0 Å². The summed E-state index contributed by atoms with van der Waals surface area (Å²) in [5, 5.41) is 6.76. The van der Waals surface area contributed by atoms with Gasteiger partial charge in [-0.3, -0.25) is 4.79 Å². The third-order valence-electron chi connectivity index (χ3n) is 4.41. The molecule has 0 saturated heterocycles. The number of carbonyl (C=O) groups excluding carboxylic acids is 1. The Morgan fingerprint density at radius 3 is 2.26 bits per heavy atom. The van der Waals surface area contributed by atoms with E-state index in [1.54, 1.807) is 19.0 Å². The van der Waals surface area contributed by atoms with Crippen molar-refractivity contribution in [3.8, 4) is 0 Å². The SMILES string of the molecule is CCCNC(=NCC(=O)N(C)C)NCC1(C)CCCCCC1.I. The van der Waals surface area contributed by atoms with Crippen molar-refractivity contribution < 1.29 is 4.79 Å². The van der Waals surface area contributed by atoms with Crippen molar-refractivity contribution in [2.75, 3.05) is 33.7 Å². The molecule has 1 aliphatic rings. The molecule has 1 saturated carbocycles. The van der Waals surface area contributed by atoms with E-state index in [1.165, 1.54) is 38.5 Å². The zero-order valence-corrected chi connectivity index (χ0v) is 17.6. The first-order chi connectivity index (χ1) is 10.5. The molecule has 0 aromatic rings. The third-order valence-corrected chi connectivity index (χ3v) is 4.41. The Bertz CT molecular complexity index is 364. The number of halogens is 1. The van der Waals surface area contributed by atoms with Crippen LogP contribution in [-0.2, 0) is 4.79 Å². The van der Waals surface area contributed by atoms with Crippen LogP contribution in [0.4, 0.5) is 0 Å². The number of guanidine groups is 1. The van der Waals surface area contributed by atoms with Gasteiger partial charge in [0.1, 0.15) is 6.54 Å². The predicted octanol–water partition coefficient (Wildman–Crippen LogP) is 3.00. The summed E-state index contributed by atoms with van der Waals surface area (Å²) in [5.41, 5.74) is 0.344. The third kappa shape index (κ3) is 9.37. The highest BCUT2D eigenvalue weighted by Crippen LogP contribution is 2.33. The number of likely N-dealkylation sites (N-methyl/N-ethyl adjacent to an activating group) is 1. The van der Waals surface area contributed by atoms with Crippen LogP contribution in [0.3, 0.4) is 0 Å². The molecule has 0 radical (unpaired) electrons. The Morgan fingerprint density at radius 1 is 1.13 bits per heavy atom. The van der Waals surface area contributed by atoms with Crippen molar-refractivity contribution in [3.63, 3.8) is 0 Å². The molecule has 136 valence electrons. The van der Waals surface area contributed by atoms with E-state index in [2.05, 4.69) is 29.5 Å². The van der Waals surface area contributed by atoms with Crippen LogP contribution >= 0.6 is 24.0 Å². The van der Waals surface area contributed by atoms with Crippen molar-refractivity contribution in [2.45, 2.75) is 58.8 Å². The maximum absolute atomic E-state index is 11.7. The smallest absolute Gasteiger partial charge is 0.243 e. The van der Waals surface area contributed by atoms with Crippen molar-refractivity contribution in [1.29, 1.82) is 0 Å². The predicted molar refractivity (Wildman–Crippen MR) is 109 cm³/mol. The van der Waals surface area contributed by atoms with Gasteiger partial charge in [0.2, 0.25) is 5.91 Å². The molecule has 0 unspecified atom stereocenters. The van der Waals surface area contributed by atoms with E-state index in [-0.39, 0.29) is 36.4 Å². The Hall–Kier alpha value is -0.530. The minimum absolute atomic E-state index is 0. The largest absolute Gasteiger partial charge is 0.356 e. The summed E-state index contributed by atoms with van der Waals surface area (Å²) < 4.78 is 0. The van der Waals surface area contributed by atoms with E-state index in [0.717, 1.165) is 25.5 Å². The summed E-state index contributed by atoms with van der Waals surface area (Å²) in [7, 11) is 3.52. The molecule has 0 bridgehead atoms. The van der Waals surface area contributed by atoms with Crippen LogP contribution in [-0.4, -0.2) is 50.5 Å². The van der Waals surface area contributed by atoms with Gasteiger partial charge < -0.3 is 15.5 Å². The second kappa shape index (κ2) is 11.9. The average molecular weight is 438 g/mol. The van der Waals surface area contributed by atoms with Crippen LogP contribution in [0.2, 0.25) is 0 Å². The van der Waals surface area contributed by atoms with Crippen LogP contribution < -0.4 is 10.6 Å². The molecule has 0 aromatic heterocycles. The van der Waals surface area contributed by atoms with Crippen LogP contribution in [0, 0.1) is 5.41 Å². The van der Waals surface area contributed by atoms with Crippen molar-refractivity contribution in [1.82, 2.24) is 15.5 Å². The number of hydrogen-bond donors (Lipinski definition) is 2. The van der Waals surface area contributed by atoms with E-state index >= 15 is 0 Å². The van der Waals surface area contributed by atoms with Gasteiger partial charge in [0, 0.05) is 27.2 Å². The van der Waals surface area contributed by atoms with Crippen LogP contribution in [0.5, 0.6) is 0 Å². The Labute approximate surface area is 159 Å². The lowest BCUT2D eigenvalue weighted by molar-refractivity contribution is -0.127. The number of hydrogen-bond acceptors (Lipinski definition) is 2. The molecular weight excluding hydrogens is 403 g/mol. The summed E-state index contributed by atoms with van der Waals surface area (Å²) >= 11 is 0. The van der Waals surface area contributed by atoms with E-state index in [1.807, 2.05) is 0 Å². The molecule has 0 atom stereocenters. The fraction of sp³-hybridized carbons (Fsp3) is 0.882. The average Bonchev–Trinajstić information content (AvgIpc) is 2.71. The molecule has 1 rings (SSSR count). The highest BCUT2D eigenvalue weighted by Gasteiger charge is 2.25. The molecule has 0 heterocycles. The zero-order valence-electron chi connectivity index (χ0n) is 15.3. The molecule has 0 aromatic carbocycles. The maximum atomic E-state index is 11.7. The number of rotatable bonds is 6. The highest BCUT2D eigenvalue weighted by atomic mass is 127. The maximum Gasteiger partial charge on any atom is 0.243 e. The molecule has 6 heteroatoms. The van der Waals surface area contributed by atoms with Gasteiger partial charge in [-0.25, -0.2) is 4.99 Å². The summed E-state index contributed by atoms with van der Waals surface area (Å²) in [4.78, 5) is 17.7. The van der Waals surface area contributed by atoms with Gasteiger partial charge in [-0.2, -0.15) is 0 Å². The second-order valence-electron chi connectivity index (χ2n) is 6.96. The summed E-state index contributed by atoms with van der Waals surface area (Å²) in [6.45, 7) is 6.50. The number of nitrogens with zero attached hydrogens (tertiary/aromatic N) is 2. The monoisotopic (exact) mass is 438 g/mol. The summed E-state index contributed by atoms with van der Waals surface area (Å²) in [5.74, 6) is 0.792. The number of amides is 1. The number of carbonyl (C=O) groups is 1. The molecule has 0 aliphatic heterocycles. The lowest BCUT2D eigenvalue weighted by atomic mass is 9.82. The number of aliphatic imine (C=N–C) groups is 1. The van der Waals surface area contributed by atoms with Crippen molar-refractivity contribution >= 4 is 35.8 Å². The van der Waals surface area contributed by atoms with Gasteiger partial charge in [-0.1, -0.05) is 39.5 Å². The van der Waals surface area contributed by atoms with E-state index < -0.39 is 0 Å². The van der Waals surface area contributed by atoms with E-state index in [9.17, 15) is 4.79 Å². The van der Waals surface area contributed by atoms with E-state index in [4.69, 9.17) is 0 Å². The van der Waals surface area contributed by atoms with Crippen LogP contribution in [0.25, 0.3) is 0 Å². The Kier molecular flexibility index (Phi) is 11.6. The first-order valence-electron chi connectivity index (χ1n) is 8.69. The zero-order chi connectivity index (χ0) is 16.4. The van der Waals surface area contributed by atoms with Crippen molar-refractivity contribution in [2.24, 2.45) is 10.4 Å². The number of nitrogens with one attached hydrogen (secondary N) is 2. The van der Waals surface area contributed by atoms with Gasteiger partial charge in [0.25, 0.3) is 0 Å². The molecule has 0 spiro atoms. The normalized spacial score (nSPS) is 17.7. The second-order valence-corrected chi connectivity index (χ2v) is 6.96. The Balaban J connectivity index is 0.00000484. The Morgan fingerprint density at radius 2 is 1.74 bits per heavy atom. The molecule has 1 aliphatic carbocycles. The van der Waals surface area contributed by atoms with E-state index in [0.29, 0.717) is 5.41 Å². The summed E-state index contributed by atoms with van der Waals surface area (Å²) in [6.07, 6.45) is 8.97. The topological polar surface area (TPSA) is 56.7 Å². The standard InChI is InChI=1S/C17H34N4O.HI/c1-5-12-18-16(19-13-15(22)21(3)4)20-14-17(2)10-8-6-7-9-11-17;/h5-14H2,1-4H3,(H2,18,19,20);1H. The van der Waals surface area contributed by atoms with Gasteiger partial charge >= 0.3 is 0 Å². The lowest BCUT2D eigenvalue weighted by Gasteiger charge is -2.29. The first-order valence-corrected chi connectivity index (χ1v) is 8.69. The molecular formula is C17H35IN4O. The van der Waals surface area contributed by atoms with Gasteiger partial charge in [0.15, 0.2) is 5.96 Å². The fourth-order valence-electron chi connectivity index (χ4n) is 2.76. The minimum Gasteiger partial charge on any atom is -0.356 e.